The molecule has 1 fully saturated rings. The van der Waals surface area contributed by atoms with Crippen molar-refractivity contribution in [1.82, 2.24) is 9.13 Å². The molecule has 0 N–H and O–H groups in total. The van der Waals surface area contributed by atoms with Gasteiger partial charge in [0.2, 0.25) is 0 Å². The summed E-state index contributed by atoms with van der Waals surface area (Å²) in [5.74, 6) is 0.794. The van der Waals surface area contributed by atoms with E-state index in [1.807, 2.05) is 0 Å². The van der Waals surface area contributed by atoms with Crippen LogP contribution in [0.3, 0.4) is 0 Å². The molecule has 1 radical (unpaired) electrons. The van der Waals surface area contributed by atoms with Crippen LogP contribution in [0.5, 0.6) is 0 Å². The van der Waals surface area contributed by atoms with Crippen LogP contribution in [0, 0.1) is 11.5 Å². The summed E-state index contributed by atoms with van der Waals surface area (Å²) in [6.07, 6.45) is 1.06. The maximum Gasteiger partial charge on any atom is 0.0989 e. The van der Waals surface area contributed by atoms with Crippen LogP contribution >= 0.6 is 0 Å². The van der Waals surface area contributed by atoms with E-state index in [-0.39, 0.29) is 11.0 Å². The van der Waals surface area contributed by atoms with Crippen LogP contribution in [0.2, 0.25) is 0 Å². The van der Waals surface area contributed by atoms with Crippen LogP contribution in [-0.4, -0.2) is 14.7 Å². The number of para-hydroxylation sites is 5. The fourth-order valence-electron chi connectivity index (χ4n) is 11.7. The molecule has 2 aromatic heterocycles. The molecule has 0 saturated carbocycles. The minimum atomic E-state index is -0.0825. The van der Waals surface area contributed by atoms with Gasteiger partial charge in [0.15, 0.2) is 0 Å². The molecule has 4 nitrogen and oxygen atoms in total. The number of benzene rings is 8. The summed E-state index contributed by atoms with van der Waals surface area (Å²) in [4.78, 5) is 5.19. The lowest BCUT2D eigenvalue weighted by atomic mass is 9.78. The van der Waals surface area contributed by atoms with Crippen LogP contribution in [0.15, 0.2) is 188 Å². The van der Waals surface area contributed by atoms with Crippen molar-refractivity contribution in [3.05, 3.63) is 211 Å². The fraction of sp³-hybridized carbons (Fsp3) is 0.210. The SMILES string of the molecule is CC(C)c1cccc(C(C)C)c1N1[C](c2ccc(N(c3ccc4c(c3)c3ccccc3n4-c3ccccc3)c3ccc4c(c3)c3ccccc3n4-c3ccccc3)cc2)C(C)(C)CC1(C)C. The van der Waals surface area contributed by atoms with Crippen molar-refractivity contribution >= 4 is 66.4 Å². The molecule has 0 atom stereocenters. The zero-order valence-corrected chi connectivity index (χ0v) is 39.5. The number of fused-ring (bicyclic) bond motifs is 6. The Kier molecular flexibility index (Phi) is 10.00. The smallest absolute Gasteiger partial charge is 0.0989 e. The third kappa shape index (κ3) is 6.72. The van der Waals surface area contributed by atoms with Gasteiger partial charge in [0, 0.05) is 61.2 Å². The Morgan fingerprint density at radius 2 is 0.848 bits per heavy atom. The first-order chi connectivity index (χ1) is 31.9. The van der Waals surface area contributed by atoms with Crippen molar-refractivity contribution in [2.45, 2.75) is 79.2 Å². The molecule has 1 aliphatic heterocycles. The molecule has 8 aromatic carbocycles. The van der Waals surface area contributed by atoms with Gasteiger partial charge in [0.05, 0.1) is 28.1 Å². The van der Waals surface area contributed by atoms with E-state index < -0.39 is 0 Å². The Morgan fingerprint density at radius 1 is 0.424 bits per heavy atom. The predicted octanol–water partition coefficient (Wildman–Crippen LogP) is 17.2. The Hall–Kier alpha value is -7.04. The normalized spacial score (nSPS) is 15.0. The Balaban J connectivity index is 1.11. The van der Waals surface area contributed by atoms with Gasteiger partial charge >= 0.3 is 0 Å². The lowest BCUT2D eigenvalue weighted by Gasteiger charge is -2.42. The Morgan fingerprint density at radius 3 is 1.32 bits per heavy atom. The van der Waals surface area contributed by atoms with Crippen molar-refractivity contribution in [2.75, 3.05) is 9.80 Å². The van der Waals surface area contributed by atoms with Crippen molar-refractivity contribution in [2.24, 2.45) is 5.41 Å². The highest BCUT2D eigenvalue weighted by Crippen LogP contribution is 2.57. The minimum Gasteiger partial charge on any atom is -0.353 e. The zero-order valence-electron chi connectivity index (χ0n) is 39.5. The predicted molar refractivity (Wildman–Crippen MR) is 282 cm³/mol. The van der Waals surface area contributed by atoms with Gasteiger partial charge in [-0.25, -0.2) is 0 Å². The lowest BCUT2D eigenvalue weighted by Crippen LogP contribution is -2.42. The number of anilines is 4. The van der Waals surface area contributed by atoms with Crippen LogP contribution in [0.25, 0.3) is 55.0 Å². The molecular formula is C62H59N4. The summed E-state index contributed by atoms with van der Waals surface area (Å²) in [6, 6.07) is 71.0. The molecule has 1 saturated heterocycles. The molecule has 327 valence electrons. The monoisotopic (exact) mass is 859 g/mol. The summed E-state index contributed by atoms with van der Waals surface area (Å²) in [7, 11) is 0. The maximum atomic E-state index is 2.73. The molecule has 1 aliphatic rings. The van der Waals surface area contributed by atoms with E-state index in [2.05, 4.69) is 262 Å². The molecule has 3 heterocycles. The van der Waals surface area contributed by atoms with E-state index in [0.29, 0.717) is 11.8 Å². The summed E-state index contributed by atoms with van der Waals surface area (Å²) >= 11 is 0. The van der Waals surface area contributed by atoms with E-state index in [0.717, 1.165) is 34.9 Å². The van der Waals surface area contributed by atoms with Gasteiger partial charge in [0.1, 0.15) is 0 Å². The van der Waals surface area contributed by atoms with E-state index in [1.54, 1.807) is 0 Å². The number of rotatable bonds is 9. The standard InChI is InChI=1S/C62H59N4/c1-41(2)49-26-19-27-50(42(3)4)59(49)66-60(61(5,6)40-62(66,7)8)43-30-32-46(33-31-43)63(47-34-36-57-53(38-47)51-24-15-17-28-55(51)64(57)44-20-11-9-12-21-44)48-35-37-58-54(39-48)52-25-16-18-29-56(52)65(58)45-22-13-10-14-23-45/h9-39,41-42H,40H2,1-8H3. The Bertz CT molecular complexity index is 3220. The van der Waals surface area contributed by atoms with Gasteiger partial charge in [-0.3, -0.25) is 0 Å². The topological polar surface area (TPSA) is 16.3 Å². The van der Waals surface area contributed by atoms with Gasteiger partial charge in [-0.1, -0.05) is 145 Å². The van der Waals surface area contributed by atoms with Crippen molar-refractivity contribution < 1.29 is 0 Å². The van der Waals surface area contributed by atoms with E-state index in [9.17, 15) is 0 Å². The molecule has 4 heteroatoms. The molecule has 0 unspecified atom stereocenters. The van der Waals surface area contributed by atoms with Gasteiger partial charge < -0.3 is 18.9 Å². The second-order valence-corrected chi connectivity index (χ2v) is 20.3. The average molecular weight is 860 g/mol. The summed E-state index contributed by atoms with van der Waals surface area (Å²) < 4.78 is 4.79. The van der Waals surface area contributed by atoms with Crippen molar-refractivity contribution in [3.63, 3.8) is 0 Å². The highest BCUT2D eigenvalue weighted by Gasteiger charge is 2.53. The van der Waals surface area contributed by atoms with E-state index in [1.165, 1.54) is 72.0 Å². The highest BCUT2D eigenvalue weighted by atomic mass is 15.3. The summed E-state index contributed by atoms with van der Waals surface area (Å²) in [5.41, 5.74) is 15.8. The fourth-order valence-corrected chi connectivity index (χ4v) is 11.7. The highest BCUT2D eigenvalue weighted by molar-refractivity contribution is 6.12. The first kappa shape index (κ1) is 41.7. The number of hydrogen-bond acceptors (Lipinski definition) is 2. The van der Waals surface area contributed by atoms with E-state index in [4.69, 9.17) is 0 Å². The lowest BCUT2D eigenvalue weighted by molar-refractivity contribution is 0.376. The minimum absolute atomic E-state index is 0.0565. The first-order valence-electron chi connectivity index (χ1n) is 23.8. The van der Waals surface area contributed by atoms with Gasteiger partial charge in [-0.2, -0.15) is 0 Å². The largest absolute Gasteiger partial charge is 0.353 e. The van der Waals surface area contributed by atoms with Gasteiger partial charge in [-0.15, -0.1) is 0 Å². The number of aromatic nitrogens is 2. The van der Waals surface area contributed by atoms with Gasteiger partial charge in [0.25, 0.3) is 0 Å². The summed E-state index contributed by atoms with van der Waals surface area (Å²) in [5, 5.41) is 4.92. The zero-order chi connectivity index (χ0) is 45.5. The third-order valence-electron chi connectivity index (χ3n) is 14.2. The summed E-state index contributed by atoms with van der Waals surface area (Å²) in [6.45, 7) is 19.1. The second-order valence-electron chi connectivity index (χ2n) is 20.3. The van der Waals surface area contributed by atoms with Crippen LogP contribution in [-0.2, 0) is 0 Å². The van der Waals surface area contributed by atoms with Crippen molar-refractivity contribution in [3.8, 4) is 11.4 Å². The van der Waals surface area contributed by atoms with Crippen molar-refractivity contribution in [1.29, 1.82) is 0 Å². The molecule has 0 amide bonds. The molecule has 66 heavy (non-hydrogen) atoms. The first-order valence-corrected chi connectivity index (χ1v) is 23.8. The molecule has 10 aromatic rings. The van der Waals surface area contributed by atoms with Crippen LogP contribution in [0.1, 0.15) is 90.3 Å². The molecule has 0 bridgehead atoms. The number of hydrogen-bond donors (Lipinski definition) is 0. The van der Waals surface area contributed by atoms with Gasteiger partial charge in [-0.05, 0) is 139 Å². The maximum absolute atomic E-state index is 2.73. The van der Waals surface area contributed by atoms with E-state index >= 15 is 0 Å². The molecule has 0 aliphatic carbocycles. The van der Waals surface area contributed by atoms with Crippen LogP contribution < -0.4 is 9.80 Å². The second kappa shape index (κ2) is 15.8. The Labute approximate surface area is 390 Å². The third-order valence-corrected chi connectivity index (χ3v) is 14.2. The number of nitrogens with zero attached hydrogens (tertiary/aromatic N) is 4. The average Bonchev–Trinajstić information content (AvgIpc) is 3.90. The molecular weight excluding hydrogens is 801 g/mol. The molecule has 11 rings (SSSR count). The van der Waals surface area contributed by atoms with Crippen LogP contribution in [0.4, 0.5) is 22.7 Å². The molecule has 0 spiro atoms. The quantitative estimate of drug-likeness (QED) is 0.144.